The first-order valence-corrected chi connectivity index (χ1v) is 11.6. The molecule has 2 aromatic carbocycles. The molecule has 0 unspecified atom stereocenters. The molecule has 1 saturated carbocycles. The first kappa shape index (κ1) is 22.0. The zero-order chi connectivity index (χ0) is 22.3. The number of nitrogens with zero attached hydrogens (tertiary/aromatic N) is 2. The second-order valence-electron chi connectivity index (χ2n) is 8.60. The van der Waals surface area contributed by atoms with E-state index in [-0.39, 0.29) is 5.91 Å². The molecule has 0 atom stereocenters. The van der Waals surface area contributed by atoms with Crippen molar-refractivity contribution in [3.05, 3.63) is 60.2 Å². The highest BCUT2D eigenvalue weighted by Crippen LogP contribution is 2.27. The van der Waals surface area contributed by atoms with Gasteiger partial charge in [0.25, 0.3) is 5.91 Å². The summed E-state index contributed by atoms with van der Waals surface area (Å²) in [5.74, 6) is 1.35. The molecule has 166 valence electrons. The molecule has 5 nitrogen and oxygen atoms in total. The summed E-state index contributed by atoms with van der Waals surface area (Å²) in [4.78, 5) is 17.9. The van der Waals surface area contributed by atoms with E-state index in [1.165, 1.54) is 0 Å². The van der Waals surface area contributed by atoms with Crippen molar-refractivity contribution in [2.75, 3.05) is 6.61 Å². The van der Waals surface area contributed by atoms with Crippen LogP contribution in [0.25, 0.3) is 22.2 Å². The predicted octanol–water partition coefficient (Wildman–Crippen LogP) is 6.38. The smallest absolute Gasteiger partial charge is 0.272 e. The molecule has 3 aromatic rings. The van der Waals surface area contributed by atoms with Gasteiger partial charge >= 0.3 is 0 Å². The number of hydrogen-bond donors (Lipinski definition) is 1. The molecule has 5 heteroatoms. The second kappa shape index (κ2) is 10.4. The highest BCUT2D eigenvalue weighted by Gasteiger charge is 2.16. The highest BCUT2D eigenvalue weighted by molar-refractivity contribution is 6.07. The predicted molar refractivity (Wildman–Crippen MR) is 130 cm³/mol. The van der Waals surface area contributed by atoms with Gasteiger partial charge in [0, 0.05) is 16.7 Å². The SMILES string of the molecule is CCCCOc1cccc(-c2cc(C(=O)NN=C3CCC(C)CC3)c3ccccc3n2)c1. The van der Waals surface area contributed by atoms with E-state index < -0.39 is 0 Å². The van der Waals surface area contributed by atoms with Crippen LogP contribution in [0.3, 0.4) is 0 Å². The Kier molecular flexibility index (Phi) is 7.15. The average molecular weight is 430 g/mol. The minimum Gasteiger partial charge on any atom is -0.494 e. The molecule has 0 aliphatic heterocycles. The summed E-state index contributed by atoms with van der Waals surface area (Å²) in [6, 6.07) is 17.5. The molecule has 0 radical (unpaired) electrons. The van der Waals surface area contributed by atoms with E-state index in [0.29, 0.717) is 12.2 Å². The van der Waals surface area contributed by atoms with Crippen LogP contribution in [0.4, 0.5) is 0 Å². The molecule has 0 spiro atoms. The minimum absolute atomic E-state index is 0.202. The van der Waals surface area contributed by atoms with E-state index in [4.69, 9.17) is 9.72 Å². The zero-order valence-corrected chi connectivity index (χ0v) is 18.9. The van der Waals surface area contributed by atoms with Crippen molar-refractivity contribution >= 4 is 22.5 Å². The summed E-state index contributed by atoms with van der Waals surface area (Å²) in [6.45, 7) is 5.10. The maximum absolute atomic E-state index is 13.1. The van der Waals surface area contributed by atoms with Crippen molar-refractivity contribution < 1.29 is 9.53 Å². The van der Waals surface area contributed by atoms with E-state index in [1.807, 2.05) is 54.6 Å². The summed E-state index contributed by atoms with van der Waals surface area (Å²) in [5, 5.41) is 5.26. The molecular weight excluding hydrogens is 398 g/mol. The molecule has 1 aliphatic carbocycles. The molecule has 32 heavy (non-hydrogen) atoms. The fourth-order valence-corrected chi connectivity index (χ4v) is 3.99. The number of hydrogen-bond acceptors (Lipinski definition) is 4. The van der Waals surface area contributed by atoms with Crippen LogP contribution < -0.4 is 10.2 Å². The van der Waals surface area contributed by atoms with Crippen molar-refractivity contribution in [1.29, 1.82) is 0 Å². The van der Waals surface area contributed by atoms with Gasteiger partial charge in [-0.15, -0.1) is 0 Å². The summed E-state index contributed by atoms with van der Waals surface area (Å²) >= 11 is 0. The lowest BCUT2D eigenvalue weighted by Crippen LogP contribution is -2.22. The quantitative estimate of drug-likeness (QED) is 0.350. The number of fused-ring (bicyclic) bond motifs is 1. The van der Waals surface area contributed by atoms with Gasteiger partial charge in [-0.1, -0.05) is 50.6 Å². The van der Waals surface area contributed by atoms with Crippen molar-refractivity contribution in [2.24, 2.45) is 11.0 Å². The Labute approximate surface area is 189 Å². The summed E-state index contributed by atoms with van der Waals surface area (Å²) < 4.78 is 5.86. The zero-order valence-electron chi connectivity index (χ0n) is 18.9. The largest absolute Gasteiger partial charge is 0.494 e. The number of ether oxygens (including phenoxy) is 1. The number of carbonyl (C=O) groups is 1. The van der Waals surface area contributed by atoms with Crippen molar-refractivity contribution in [2.45, 2.75) is 52.4 Å². The molecule has 1 N–H and O–H groups in total. The van der Waals surface area contributed by atoms with Gasteiger partial charge in [0.1, 0.15) is 5.75 Å². The summed E-state index contributed by atoms with van der Waals surface area (Å²) in [7, 11) is 0. The molecular formula is C27H31N3O2. The van der Waals surface area contributed by atoms with Gasteiger partial charge in [-0.2, -0.15) is 5.10 Å². The van der Waals surface area contributed by atoms with Gasteiger partial charge in [-0.05, 0) is 62.3 Å². The molecule has 0 bridgehead atoms. The topological polar surface area (TPSA) is 63.6 Å². The third-order valence-corrected chi connectivity index (χ3v) is 6.02. The van der Waals surface area contributed by atoms with Crippen LogP contribution in [0.1, 0.15) is 62.7 Å². The number of hydrazone groups is 1. The normalized spacial score (nSPS) is 16.1. The molecule has 1 heterocycles. The Hall–Kier alpha value is -3.21. The maximum atomic E-state index is 13.1. The fraction of sp³-hybridized carbons (Fsp3) is 0.370. The number of unbranched alkanes of at least 4 members (excludes halogenated alkanes) is 1. The van der Waals surface area contributed by atoms with Crippen LogP contribution in [0.5, 0.6) is 5.75 Å². The van der Waals surface area contributed by atoms with Gasteiger partial charge in [-0.3, -0.25) is 4.79 Å². The first-order chi connectivity index (χ1) is 15.6. The molecule has 1 aliphatic rings. The fourth-order valence-electron chi connectivity index (χ4n) is 3.99. The van der Waals surface area contributed by atoms with Crippen LogP contribution in [-0.4, -0.2) is 23.2 Å². The Morgan fingerprint density at radius 1 is 1.12 bits per heavy atom. The van der Waals surface area contributed by atoms with Crippen LogP contribution in [0, 0.1) is 5.92 Å². The van der Waals surface area contributed by atoms with Gasteiger partial charge in [0.15, 0.2) is 0 Å². The number of amides is 1. The lowest BCUT2D eigenvalue weighted by molar-refractivity contribution is 0.0956. The first-order valence-electron chi connectivity index (χ1n) is 11.6. The molecule has 1 amide bonds. The minimum atomic E-state index is -0.202. The number of nitrogens with one attached hydrogen (secondary N) is 1. The van der Waals surface area contributed by atoms with Crippen LogP contribution in [-0.2, 0) is 0 Å². The highest BCUT2D eigenvalue weighted by atomic mass is 16.5. The monoisotopic (exact) mass is 429 g/mol. The van der Waals surface area contributed by atoms with Crippen molar-refractivity contribution in [1.82, 2.24) is 10.4 Å². The van der Waals surface area contributed by atoms with Crippen molar-refractivity contribution in [3.8, 4) is 17.0 Å². The third kappa shape index (κ3) is 5.34. The standard InChI is InChI=1S/C27H31N3O2/c1-3-4-16-32-22-9-7-8-20(17-22)26-18-24(23-10-5-6-11-25(23)28-26)27(31)30-29-21-14-12-19(2)13-15-21/h5-11,17-19H,3-4,12-16H2,1-2H3,(H,30,31). The average Bonchev–Trinajstić information content (AvgIpc) is 2.83. The van der Waals surface area contributed by atoms with Gasteiger partial charge < -0.3 is 4.74 Å². The second-order valence-corrected chi connectivity index (χ2v) is 8.60. The van der Waals surface area contributed by atoms with E-state index >= 15 is 0 Å². The van der Waals surface area contributed by atoms with E-state index in [2.05, 4.69) is 24.4 Å². The summed E-state index contributed by atoms with van der Waals surface area (Å²) in [5.41, 5.74) is 6.90. The van der Waals surface area contributed by atoms with E-state index in [9.17, 15) is 4.79 Å². The van der Waals surface area contributed by atoms with E-state index in [1.54, 1.807) is 0 Å². The molecule has 4 rings (SSSR count). The van der Waals surface area contributed by atoms with Gasteiger partial charge in [0.2, 0.25) is 0 Å². The number of rotatable bonds is 7. The Balaban J connectivity index is 1.63. The number of para-hydroxylation sites is 1. The molecule has 1 fully saturated rings. The van der Waals surface area contributed by atoms with Crippen LogP contribution in [0.15, 0.2) is 59.7 Å². The number of pyridine rings is 1. The van der Waals surface area contributed by atoms with E-state index in [0.717, 1.165) is 78.1 Å². The van der Waals surface area contributed by atoms with Crippen LogP contribution >= 0.6 is 0 Å². The lowest BCUT2D eigenvalue weighted by Gasteiger charge is -2.18. The summed E-state index contributed by atoms with van der Waals surface area (Å²) in [6.07, 6.45) is 6.28. The number of aromatic nitrogens is 1. The Morgan fingerprint density at radius 2 is 1.94 bits per heavy atom. The number of carbonyl (C=O) groups excluding carboxylic acids is 1. The maximum Gasteiger partial charge on any atom is 0.272 e. The third-order valence-electron chi connectivity index (χ3n) is 6.02. The van der Waals surface area contributed by atoms with Gasteiger partial charge in [0.05, 0.1) is 23.4 Å². The number of benzene rings is 2. The van der Waals surface area contributed by atoms with Crippen molar-refractivity contribution in [3.63, 3.8) is 0 Å². The lowest BCUT2D eigenvalue weighted by atomic mass is 9.90. The Morgan fingerprint density at radius 3 is 2.75 bits per heavy atom. The van der Waals surface area contributed by atoms with Crippen LogP contribution in [0.2, 0.25) is 0 Å². The molecule has 0 saturated heterocycles. The van der Waals surface area contributed by atoms with Gasteiger partial charge in [-0.25, -0.2) is 10.4 Å². The Bertz CT molecular complexity index is 1110. The molecule has 1 aromatic heterocycles.